The molecule has 0 aliphatic rings. The molecule has 2 nitrogen and oxygen atoms in total. The van der Waals surface area contributed by atoms with Crippen molar-refractivity contribution in [3.63, 3.8) is 0 Å². The Labute approximate surface area is 123 Å². The zero-order valence-corrected chi connectivity index (χ0v) is 11.5. The summed E-state index contributed by atoms with van der Waals surface area (Å²) in [6.07, 6.45) is 0. The predicted molar refractivity (Wildman–Crippen MR) is 72.6 cm³/mol. The summed E-state index contributed by atoms with van der Waals surface area (Å²) in [6, 6.07) is 7.58. The summed E-state index contributed by atoms with van der Waals surface area (Å²) in [4.78, 5) is 11.8. The topological polar surface area (TPSA) is 26.3 Å². The molecule has 6 heteroatoms. The molecule has 0 saturated carbocycles. The second-order valence-corrected chi connectivity index (χ2v) is 4.71. The van der Waals surface area contributed by atoms with Crippen LogP contribution in [0.3, 0.4) is 0 Å². The molecule has 104 valence electrons. The van der Waals surface area contributed by atoms with Crippen LogP contribution in [0.15, 0.2) is 36.4 Å². The summed E-state index contributed by atoms with van der Waals surface area (Å²) in [6.45, 7) is -0.504. The highest BCUT2D eigenvalue weighted by atomic mass is 35.5. The molecule has 2 aromatic carbocycles. The van der Waals surface area contributed by atoms with Crippen molar-refractivity contribution >= 4 is 29.0 Å². The minimum atomic E-state index is -0.869. The fourth-order valence-corrected chi connectivity index (χ4v) is 1.81. The molecule has 0 atom stereocenters. The molecular weight excluding hydrogens is 309 g/mol. The van der Waals surface area contributed by atoms with E-state index in [-0.39, 0.29) is 10.6 Å². The van der Waals surface area contributed by atoms with E-state index in [2.05, 4.69) is 0 Å². The lowest BCUT2D eigenvalue weighted by molar-refractivity contribution is 0.0915. The summed E-state index contributed by atoms with van der Waals surface area (Å²) in [5.41, 5.74) is 0.246. The van der Waals surface area contributed by atoms with Crippen LogP contribution in [-0.4, -0.2) is 12.4 Å². The summed E-state index contributed by atoms with van der Waals surface area (Å²) in [5, 5.41) is 0.527. The highest BCUT2D eigenvalue weighted by Crippen LogP contribution is 2.24. The van der Waals surface area contributed by atoms with E-state index in [1.807, 2.05) is 0 Å². The molecule has 0 N–H and O–H groups in total. The van der Waals surface area contributed by atoms with Crippen LogP contribution >= 0.6 is 23.2 Å². The first-order chi connectivity index (χ1) is 9.49. The van der Waals surface area contributed by atoms with Gasteiger partial charge in [-0.05, 0) is 30.3 Å². The van der Waals surface area contributed by atoms with Gasteiger partial charge in [-0.1, -0.05) is 29.3 Å². The Morgan fingerprint density at radius 3 is 2.30 bits per heavy atom. The number of halogens is 4. The third-order valence-electron chi connectivity index (χ3n) is 2.51. The van der Waals surface area contributed by atoms with Gasteiger partial charge in [0.2, 0.25) is 0 Å². The quantitative estimate of drug-likeness (QED) is 0.774. The average Bonchev–Trinajstić information content (AvgIpc) is 2.41. The first kappa shape index (κ1) is 14.8. The molecule has 0 aromatic heterocycles. The van der Waals surface area contributed by atoms with Crippen LogP contribution in [0.5, 0.6) is 5.75 Å². The maximum atomic E-state index is 13.3. The van der Waals surface area contributed by atoms with E-state index in [0.29, 0.717) is 5.02 Å². The molecule has 0 aliphatic carbocycles. The lowest BCUT2D eigenvalue weighted by Gasteiger charge is -2.08. The van der Waals surface area contributed by atoms with Crippen molar-refractivity contribution in [2.75, 3.05) is 6.61 Å². The number of carbonyl (C=O) groups excluding carboxylic acids is 1. The zero-order valence-electron chi connectivity index (χ0n) is 10.00. The summed E-state index contributed by atoms with van der Waals surface area (Å²) >= 11 is 11.5. The molecule has 0 unspecified atom stereocenters. The lowest BCUT2D eigenvalue weighted by Crippen LogP contribution is -2.13. The molecule has 0 radical (unpaired) electrons. The molecule has 0 saturated heterocycles. The smallest absolute Gasteiger partial charge is 0.200 e. The van der Waals surface area contributed by atoms with Gasteiger partial charge in [0.1, 0.15) is 0 Å². The monoisotopic (exact) mass is 316 g/mol. The van der Waals surface area contributed by atoms with Crippen molar-refractivity contribution in [3.05, 3.63) is 63.6 Å². The fourth-order valence-electron chi connectivity index (χ4n) is 1.51. The predicted octanol–water partition coefficient (Wildman–Crippen LogP) is 4.53. The number of ether oxygens (including phenoxy) is 1. The van der Waals surface area contributed by atoms with Gasteiger partial charge in [0.05, 0.1) is 10.0 Å². The summed E-state index contributed by atoms with van der Waals surface area (Å²) in [5.74, 6) is -2.79. The van der Waals surface area contributed by atoms with Gasteiger partial charge in [0.15, 0.2) is 29.8 Å². The van der Waals surface area contributed by atoms with Crippen molar-refractivity contribution in [1.29, 1.82) is 0 Å². The van der Waals surface area contributed by atoms with E-state index >= 15 is 0 Å². The zero-order chi connectivity index (χ0) is 14.7. The Morgan fingerprint density at radius 1 is 1.05 bits per heavy atom. The standard InChI is InChI=1S/C14H8Cl2F2O2/c15-9-5-4-8(6-10(9)16)13(19)7-20-14-11(17)2-1-3-12(14)18/h1-6H,7H2. The Hall–Kier alpha value is -1.65. The first-order valence-electron chi connectivity index (χ1n) is 5.54. The first-order valence-corrected chi connectivity index (χ1v) is 6.29. The molecule has 2 rings (SSSR count). The molecule has 0 bridgehead atoms. The highest BCUT2D eigenvalue weighted by Gasteiger charge is 2.13. The number of carbonyl (C=O) groups is 1. The van der Waals surface area contributed by atoms with Crippen LogP contribution in [0, 0.1) is 11.6 Å². The number of para-hydroxylation sites is 1. The molecule has 0 spiro atoms. The van der Waals surface area contributed by atoms with Gasteiger partial charge in [0, 0.05) is 5.56 Å². The van der Waals surface area contributed by atoms with E-state index in [1.165, 1.54) is 24.3 Å². The number of hydrogen-bond donors (Lipinski definition) is 0. The Kier molecular flexibility index (Phi) is 4.57. The molecule has 0 amide bonds. The largest absolute Gasteiger partial charge is 0.479 e. The van der Waals surface area contributed by atoms with E-state index in [1.54, 1.807) is 0 Å². The average molecular weight is 317 g/mol. The number of rotatable bonds is 4. The molecule has 0 fully saturated rings. The van der Waals surface area contributed by atoms with Gasteiger partial charge in [-0.3, -0.25) is 4.79 Å². The lowest BCUT2D eigenvalue weighted by atomic mass is 10.1. The number of ketones is 1. The Bertz CT molecular complexity index is 639. The molecule has 2 aromatic rings. The fraction of sp³-hybridized carbons (Fsp3) is 0.0714. The maximum absolute atomic E-state index is 13.3. The van der Waals surface area contributed by atoms with Crippen LogP contribution in [0.4, 0.5) is 8.78 Å². The van der Waals surface area contributed by atoms with Gasteiger partial charge in [-0.25, -0.2) is 8.78 Å². The van der Waals surface area contributed by atoms with Crippen LogP contribution in [0.2, 0.25) is 10.0 Å². The highest BCUT2D eigenvalue weighted by molar-refractivity contribution is 6.42. The third-order valence-corrected chi connectivity index (χ3v) is 3.25. The minimum Gasteiger partial charge on any atom is -0.479 e. The third kappa shape index (κ3) is 3.26. The second-order valence-electron chi connectivity index (χ2n) is 3.89. The van der Waals surface area contributed by atoms with Crippen molar-refractivity contribution in [2.45, 2.75) is 0 Å². The van der Waals surface area contributed by atoms with E-state index in [4.69, 9.17) is 27.9 Å². The van der Waals surface area contributed by atoms with E-state index in [0.717, 1.165) is 12.1 Å². The van der Waals surface area contributed by atoms with E-state index < -0.39 is 29.8 Å². The van der Waals surface area contributed by atoms with Crippen LogP contribution in [-0.2, 0) is 0 Å². The van der Waals surface area contributed by atoms with Gasteiger partial charge < -0.3 is 4.74 Å². The van der Waals surface area contributed by atoms with Gasteiger partial charge >= 0.3 is 0 Å². The van der Waals surface area contributed by atoms with Crippen molar-refractivity contribution in [3.8, 4) is 5.75 Å². The van der Waals surface area contributed by atoms with Crippen LogP contribution in [0.1, 0.15) is 10.4 Å². The second kappa shape index (κ2) is 6.20. The van der Waals surface area contributed by atoms with Crippen LogP contribution < -0.4 is 4.74 Å². The Balaban J connectivity index is 2.11. The number of hydrogen-bond acceptors (Lipinski definition) is 2. The Morgan fingerprint density at radius 2 is 1.70 bits per heavy atom. The van der Waals surface area contributed by atoms with Gasteiger partial charge in [-0.15, -0.1) is 0 Å². The van der Waals surface area contributed by atoms with Gasteiger partial charge in [0.25, 0.3) is 0 Å². The van der Waals surface area contributed by atoms with Crippen molar-refractivity contribution in [1.82, 2.24) is 0 Å². The van der Waals surface area contributed by atoms with Gasteiger partial charge in [-0.2, -0.15) is 0 Å². The van der Waals surface area contributed by atoms with E-state index in [9.17, 15) is 13.6 Å². The molecule has 0 heterocycles. The summed E-state index contributed by atoms with van der Waals surface area (Å²) < 4.78 is 31.5. The number of Topliss-reactive ketones (excluding diaryl/α,β-unsaturated/α-hetero) is 1. The normalized spacial score (nSPS) is 10.4. The molecular formula is C14H8Cl2F2O2. The molecule has 0 aliphatic heterocycles. The number of benzene rings is 2. The van der Waals surface area contributed by atoms with Crippen molar-refractivity contribution < 1.29 is 18.3 Å². The summed E-state index contributed by atoms with van der Waals surface area (Å²) in [7, 11) is 0. The van der Waals surface area contributed by atoms with Crippen molar-refractivity contribution in [2.24, 2.45) is 0 Å². The SMILES string of the molecule is O=C(COc1c(F)cccc1F)c1ccc(Cl)c(Cl)c1. The minimum absolute atomic E-state index is 0.217. The maximum Gasteiger partial charge on any atom is 0.200 e. The molecule has 20 heavy (non-hydrogen) atoms. The van der Waals surface area contributed by atoms with Crippen LogP contribution in [0.25, 0.3) is 0 Å².